The number of aliphatic hydroxyl groups is 1. The first-order valence-corrected chi connectivity index (χ1v) is 26.1. The molecule has 0 saturated carbocycles. The Balaban J connectivity index is 4.10. The molecular weight excluding hydrogens is 765 g/mol. The smallest absolute Gasteiger partial charge is 0.328 e. The predicted molar refractivity (Wildman–Crippen MR) is 255 cm³/mol. The summed E-state index contributed by atoms with van der Waals surface area (Å²) in [4.78, 5) is 47.7. The molecule has 0 radical (unpaired) electrons. The summed E-state index contributed by atoms with van der Waals surface area (Å²) in [5, 5.41) is 22.6. The molecule has 0 fully saturated rings. The maximum atomic E-state index is 12.9. The van der Waals surface area contributed by atoms with E-state index in [0.29, 0.717) is 19.3 Å². The minimum atomic E-state index is -1.38. The SMILES string of the molecule is CCCCCCCCCC/C=C\CCCCCCCCCCCCCC(=O)OC(CCCCCCCCCCCC)CCCCCCCC(=O)NCC(=O)NC(CO)C(=O)O. The molecule has 0 aliphatic carbocycles. The van der Waals surface area contributed by atoms with Gasteiger partial charge in [-0.25, -0.2) is 4.79 Å². The van der Waals surface area contributed by atoms with Gasteiger partial charge in [-0.15, -0.1) is 0 Å². The zero-order valence-electron chi connectivity index (χ0n) is 39.9. The van der Waals surface area contributed by atoms with E-state index >= 15 is 0 Å². The van der Waals surface area contributed by atoms with Crippen LogP contribution in [0, 0.1) is 0 Å². The van der Waals surface area contributed by atoms with Gasteiger partial charge in [0.15, 0.2) is 0 Å². The van der Waals surface area contributed by atoms with Crippen molar-refractivity contribution in [3.05, 3.63) is 12.2 Å². The number of hydrogen-bond acceptors (Lipinski definition) is 6. The highest BCUT2D eigenvalue weighted by molar-refractivity contribution is 5.87. The molecule has 0 aromatic carbocycles. The third-order valence-corrected chi connectivity index (χ3v) is 12.0. The number of amides is 2. The first-order valence-electron chi connectivity index (χ1n) is 26.1. The van der Waals surface area contributed by atoms with Gasteiger partial charge in [-0.1, -0.05) is 206 Å². The summed E-state index contributed by atoms with van der Waals surface area (Å²) in [6.45, 7) is 3.51. The Bertz CT molecular complexity index is 1040. The van der Waals surface area contributed by atoms with Crippen molar-refractivity contribution in [1.29, 1.82) is 0 Å². The van der Waals surface area contributed by atoms with Crippen molar-refractivity contribution in [1.82, 2.24) is 10.6 Å². The van der Waals surface area contributed by atoms with Gasteiger partial charge in [0.25, 0.3) is 0 Å². The first kappa shape index (κ1) is 58.6. The average molecular weight is 863 g/mol. The number of ether oxygens (including phenoxy) is 1. The molecule has 0 aliphatic rings. The quantitative estimate of drug-likeness (QED) is 0.0271. The van der Waals surface area contributed by atoms with Gasteiger partial charge in [-0.3, -0.25) is 14.4 Å². The molecule has 0 aromatic rings. The summed E-state index contributed by atoms with van der Waals surface area (Å²) < 4.78 is 6.06. The molecule has 0 rings (SSSR count). The molecule has 2 unspecified atom stereocenters. The molecule has 0 heterocycles. The van der Waals surface area contributed by atoms with Crippen LogP contribution in [0.15, 0.2) is 12.2 Å². The van der Waals surface area contributed by atoms with Crippen LogP contribution in [0.3, 0.4) is 0 Å². The predicted octanol–water partition coefficient (Wildman–Crippen LogP) is 13.8. The third kappa shape index (κ3) is 44.0. The second-order valence-corrected chi connectivity index (χ2v) is 18.0. The number of unbranched alkanes of at least 4 members (excludes halogenated alkanes) is 32. The number of carbonyl (C=O) groups excluding carboxylic acids is 3. The maximum absolute atomic E-state index is 12.9. The lowest BCUT2D eigenvalue weighted by atomic mass is 10.0. The van der Waals surface area contributed by atoms with Crippen LogP contribution >= 0.6 is 0 Å². The Kier molecular flexibility index (Phi) is 45.2. The molecule has 0 bridgehead atoms. The van der Waals surface area contributed by atoms with Crippen molar-refractivity contribution in [3.8, 4) is 0 Å². The second-order valence-electron chi connectivity index (χ2n) is 18.0. The first-order chi connectivity index (χ1) is 29.8. The van der Waals surface area contributed by atoms with Gasteiger partial charge in [0, 0.05) is 12.8 Å². The molecule has 9 nitrogen and oxygen atoms in total. The van der Waals surface area contributed by atoms with Crippen molar-refractivity contribution >= 4 is 23.8 Å². The van der Waals surface area contributed by atoms with Gasteiger partial charge in [-0.05, 0) is 64.2 Å². The summed E-state index contributed by atoms with van der Waals surface area (Å²) in [5.41, 5.74) is 0. The Labute approximate surface area is 375 Å². The van der Waals surface area contributed by atoms with Crippen molar-refractivity contribution in [3.63, 3.8) is 0 Å². The molecule has 9 heteroatoms. The van der Waals surface area contributed by atoms with Crippen LogP contribution in [0.2, 0.25) is 0 Å². The molecule has 358 valence electrons. The lowest BCUT2D eigenvalue weighted by Crippen LogP contribution is -2.47. The van der Waals surface area contributed by atoms with Gasteiger partial charge in [0.1, 0.15) is 12.1 Å². The molecule has 61 heavy (non-hydrogen) atoms. The lowest BCUT2D eigenvalue weighted by Gasteiger charge is -2.18. The van der Waals surface area contributed by atoms with Gasteiger partial charge in [-0.2, -0.15) is 0 Å². The number of carbonyl (C=O) groups is 4. The number of nitrogens with one attached hydrogen (secondary N) is 2. The zero-order chi connectivity index (χ0) is 44.7. The van der Waals surface area contributed by atoms with Crippen LogP contribution in [-0.4, -0.2) is 59.3 Å². The molecule has 0 saturated heterocycles. The fourth-order valence-electron chi connectivity index (χ4n) is 8.01. The summed E-state index contributed by atoms with van der Waals surface area (Å²) in [6.07, 6.45) is 52.6. The van der Waals surface area contributed by atoms with Gasteiger partial charge in [0.05, 0.1) is 13.2 Å². The number of aliphatic carboxylic acids is 1. The topological polar surface area (TPSA) is 142 Å². The maximum Gasteiger partial charge on any atom is 0.328 e. The highest BCUT2D eigenvalue weighted by Crippen LogP contribution is 2.19. The minimum Gasteiger partial charge on any atom is -0.480 e. The van der Waals surface area contributed by atoms with Gasteiger partial charge in [0.2, 0.25) is 11.8 Å². The lowest BCUT2D eigenvalue weighted by molar-refractivity contribution is -0.150. The summed E-state index contributed by atoms with van der Waals surface area (Å²) in [6, 6.07) is -1.38. The fourth-order valence-corrected chi connectivity index (χ4v) is 8.01. The largest absolute Gasteiger partial charge is 0.480 e. The van der Waals surface area contributed by atoms with E-state index in [2.05, 4.69) is 36.6 Å². The number of esters is 1. The van der Waals surface area contributed by atoms with E-state index in [1.54, 1.807) is 0 Å². The minimum absolute atomic E-state index is 0.00831. The third-order valence-electron chi connectivity index (χ3n) is 12.0. The van der Waals surface area contributed by atoms with E-state index in [0.717, 1.165) is 57.8 Å². The average Bonchev–Trinajstić information content (AvgIpc) is 3.25. The summed E-state index contributed by atoms with van der Waals surface area (Å²) in [5.74, 6) is -2.27. The fraction of sp³-hybridized carbons (Fsp3) is 0.885. The van der Waals surface area contributed by atoms with E-state index in [4.69, 9.17) is 14.9 Å². The Morgan fingerprint density at radius 3 is 1.23 bits per heavy atom. The summed E-state index contributed by atoms with van der Waals surface area (Å²) in [7, 11) is 0. The van der Waals surface area contributed by atoms with Crippen LogP contribution in [0.25, 0.3) is 0 Å². The molecule has 0 aromatic heterocycles. The normalized spacial score (nSPS) is 12.4. The van der Waals surface area contributed by atoms with Crippen LogP contribution in [0.1, 0.15) is 271 Å². The van der Waals surface area contributed by atoms with E-state index in [9.17, 15) is 19.2 Å². The number of carboxylic acid groups (broad SMARTS) is 1. The molecular formula is C52H98N2O7. The molecule has 2 atom stereocenters. The van der Waals surface area contributed by atoms with E-state index in [1.807, 2.05) is 0 Å². The Morgan fingerprint density at radius 1 is 0.475 bits per heavy atom. The standard InChI is InChI=1S/C52H98N2O7/c1-3-5-7-9-11-13-15-16-17-18-19-20-21-22-23-24-25-26-27-29-31-36-40-44-51(58)61-47(41-37-33-30-28-14-12-10-8-6-4-2)42-38-34-32-35-39-43-49(56)53-45-50(57)54-48(46-55)52(59)60/h18-19,47-48,55H,3-17,20-46H2,1-2H3,(H,53,56)(H,54,57)(H,59,60)/b19-18-. The van der Waals surface area contributed by atoms with Crippen LogP contribution in [0.5, 0.6) is 0 Å². The Morgan fingerprint density at radius 2 is 0.836 bits per heavy atom. The molecule has 4 N–H and O–H groups in total. The van der Waals surface area contributed by atoms with Crippen molar-refractivity contribution in [2.75, 3.05) is 13.2 Å². The highest BCUT2D eigenvalue weighted by atomic mass is 16.5. The number of rotatable bonds is 48. The summed E-state index contributed by atoms with van der Waals surface area (Å²) >= 11 is 0. The molecule has 0 aliphatic heterocycles. The Hall–Kier alpha value is -2.42. The van der Waals surface area contributed by atoms with Crippen LogP contribution < -0.4 is 10.6 Å². The van der Waals surface area contributed by atoms with E-state index in [-0.39, 0.29) is 24.5 Å². The van der Waals surface area contributed by atoms with Crippen LogP contribution in [-0.2, 0) is 23.9 Å². The molecule has 0 spiro atoms. The van der Waals surface area contributed by atoms with Crippen LogP contribution in [0.4, 0.5) is 0 Å². The zero-order valence-corrected chi connectivity index (χ0v) is 39.9. The van der Waals surface area contributed by atoms with E-state index < -0.39 is 24.5 Å². The monoisotopic (exact) mass is 863 g/mol. The van der Waals surface area contributed by atoms with Crippen molar-refractivity contribution in [2.45, 2.75) is 283 Å². The highest BCUT2D eigenvalue weighted by Gasteiger charge is 2.19. The van der Waals surface area contributed by atoms with Gasteiger partial charge >= 0.3 is 11.9 Å². The van der Waals surface area contributed by atoms with Gasteiger partial charge < -0.3 is 25.6 Å². The number of allylic oxidation sites excluding steroid dienone is 2. The number of carboxylic acids is 1. The number of aliphatic hydroxyl groups excluding tert-OH is 1. The van der Waals surface area contributed by atoms with E-state index in [1.165, 1.54) is 180 Å². The van der Waals surface area contributed by atoms with Crippen molar-refractivity contribution in [2.24, 2.45) is 0 Å². The number of hydrogen-bond donors (Lipinski definition) is 4. The second kappa shape index (κ2) is 47.1. The van der Waals surface area contributed by atoms with Crippen molar-refractivity contribution < 1.29 is 34.1 Å². The molecule has 2 amide bonds.